The van der Waals surface area contributed by atoms with E-state index in [1.54, 1.807) is 12.3 Å². The van der Waals surface area contributed by atoms with Gasteiger partial charge in [0.25, 0.3) is 0 Å². The highest BCUT2D eigenvalue weighted by Crippen LogP contribution is 2.44. The predicted molar refractivity (Wildman–Crippen MR) is 125 cm³/mol. The lowest BCUT2D eigenvalue weighted by Crippen LogP contribution is -2.48. The lowest BCUT2D eigenvalue weighted by atomic mass is 9.98. The number of hydrogen-bond acceptors (Lipinski definition) is 5. The number of hydrogen-bond donors (Lipinski definition) is 3. The molecule has 0 saturated heterocycles. The van der Waals surface area contributed by atoms with Crippen LogP contribution in [0.3, 0.4) is 0 Å². The van der Waals surface area contributed by atoms with Crippen LogP contribution in [0.4, 0.5) is 4.79 Å². The van der Waals surface area contributed by atoms with Crippen LogP contribution >= 0.6 is 0 Å². The van der Waals surface area contributed by atoms with E-state index in [1.165, 1.54) is 0 Å². The summed E-state index contributed by atoms with van der Waals surface area (Å²) in [6.45, 7) is 2.04. The molecule has 2 amide bonds. The molecule has 174 valence electrons. The molecule has 0 bridgehead atoms. The normalized spacial score (nSPS) is 12.9. The topological polar surface area (TPSA) is 118 Å². The third kappa shape index (κ3) is 5.06. The van der Waals surface area contributed by atoms with Crippen LogP contribution < -0.4 is 10.6 Å². The van der Waals surface area contributed by atoms with Crippen molar-refractivity contribution in [3.8, 4) is 11.1 Å². The summed E-state index contributed by atoms with van der Waals surface area (Å²) in [5, 5.41) is 14.3. The minimum atomic E-state index is -1.27. The molecule has 0 aliphatic heterocycles. The molecule has 1 aliphatic carbocycles. The summed E-state index contributed by atoms with van der Waals surface area (Å²) in [5.41, 5.74) is 5.86. The fraction of sp³-hybridized carbons (Fsp3) is 0.231. The van der Waals surface area contributed by atoms with E-state index >= 15 is 0 Å². The Labute approximate surface area is 197 Å². The minimum Gasteiger partial charge on any atom is -0.481 e. The molecule has 0 saturated carbocycles. The summed E-state index contributed by atoms with van der Waals surface area (Å²) in [5.74, 6) is -1.96. The largest absolute Gasteiger partial charge is 0.481 e. The quantitative estimate of drug-likeness (QED) is 0.475. The molecule has 0 fully saturated rings. The molecular formula is C26H25N3O5. The molecule has 1 aromatic heterocycles. The van der Waals surface area contributed by atoms with Gasteiger partial charge in [-0.3, -0.25) is 14.6 Å². The molecule has 0 spiro atoms. The van der Waals surface area contributed by atoms with Gasteiger partial charge in [0.05, 0.1) is 6.42 Å². The number of aliphatic carboxylic acids is 1. The summed E-state index contributed by atoms with van der Waals surface area (Å²) < 4.78 is 5.45. The molecule has 0 radical (unpaired) electrons. The number of nitrogens with zero attached hydrogens (tertiary/aromatic N) is 1. The van der Waals surface area contributed by atoms with Crippen molar-refractivity contribution in [1.82, 2.24) is 15.6 Å². The fourth-order valence-electron chi connectivity index (χ4n) is 4.18. The molecule has 2 aromatic carbocycles. The zero-order valence-corrected chi connectivity index (χ0v) is 18.7. The molecule has 3 aromatic rings. The van der Waals surface area contributed by atoms with E-state index in [1.807, 2.05) is 61.5 Å². The molecular weight excluding hydrogens is 434 g/mol. The van der Waals surface area contributed by atoms with E-state index in [4.69, 9.17) is 4.74 Å². The predicted octanol–water partition coefficient (Wildman–Crippen LogP) is 3.39. The monoisotopic (exact) mass is 459 g/mol. The highest BCUT2D eigenvalue weighted by Gasteiger charge is 2.30. The van der Waals surface area contributed by atoms with Crippen molar-refractivity contribution < 1.29 is 24.2 Å². The maximum atomic E-state index is 12.6. The number of benzene rings is 2. The smallest absolute Gasteiger partial charge is 0.407 e. The maximum absolute atomic E-state index is 12.6. The second kappa shape index (κ2) is 10.2. The number of carboxylic acids is 1. The number of amides is 2. The highest BCUT2D eigenvalue weighted by atomic mass is 16.5. The van der Waals surface area contributed by atoms with E-state index in [2.05, 4.69) is 15.6 Å². The van der Waals surface area contributed by atoms with E-state index in [0.717, 1.165) is 33.5 Å². The second-order valence-electron chi connectivity index (χ2n) is 8.09. The Bertz CT molecular complexity index is 1180. The first-order valence-electron chi connectivity index (χ1n) is 11.0. The van der Waals surface area contributed by atoms with Crippen molar-refractivity contribution in [2.24, 2.45) is 0 Å². The number of carbonyl (C=O) groups is 3. The van der Waals surface area contributed by atoms with Gasteiger partial charge in [-0.2, -0.15) is 0 Å². The number of rotatable bonds is 8. The molecule has 34 heavy (non-hydrogen) atoms. The Hall–Kier alpha value is -4.20. The zero-order chi connectivity index (χ0) is 24.1. The van der Waals surface area contributed by atoms with Gasteiger partial charge in [-0.1, -0.05) is 54.6 Å². The average molecular weight is 460 g/mol. The number of fused-ring (bicyclic) bond motifs is 3. The van der Waals surface area contributed by atoms with Gasteiger partial charge in [-0.15, -0.1) is 0 Å². The maximum Gasteiger partial charge on any atom is 0.407 e. The number of pyridine rings is 1. The minimum absolute atomic E-state index is 0.0656. The lowest BCUT2D eigenvalue weighted by molar-refractivity contribution is -0.139. The third-order valence-corrected chi connectivity index (χ3v) is 5.90. The summed E-state index contributed by atoms with van der Waals surface area (Å²) in [6.07, 6.45) is 0.232. The SMILES string of the molecule is Cc1ncccc1CNC(=O)C(CC(=O)O)NC(=O)OCC1c2ccccc2-c2ccccc21. The van der Waals surface area contributed by atoms with Crippen molar-refractivity contribution in [3.05, 3.63) is 89.2 Å². The van der Waals surface area contributed by atoms with Crippen molar-refractivity contribution >= 4 is 18.0 Å². The number of carbonyl (C=O) groups excluding carboxylic acids is 2. The summed E-state index contributed by atoms with van der Waals surface area (Å²) in [7, 11) is 0. The Morgan fingerprint density at radius 1 is 1.00 bits per heavy atom. The van der Waals surface area contributed by atoms with Crippen molar-refractivity contribution in [3.63, 3.8) is 0 Å². The van der Waals surface area contributed by atoms with Crippen molar-refractivity contribution in [2.75, 3.05) is 6.61 Å². The molecule has 1 unspecified atom stereocenters. The van der Waals surface area contributed by atoms with Crippen molar-refractivity contribution in [1.29, 1.82) is 0 Å². The van der Waals surface area contributed by atoms with Crippen LogP contribution in [0.15, 0.2) is 66.9 Å². The first-order chi connectivity index (χ1) is 16.4. The molecule has 8 nitrogen and oxygen atoms in total. The fourth-order valence-corrected chi connectivity index (χ4v) is 4.18. The van der Waals surface area contributed by atoms with Gasteiger partial charge >= 0.3 is 12.1 Å². The van der Waals surface area contributed by atoms with Crippen LogP contribution in [-0.2, 0) is 20.9 Å². The van der Waals surface area contributed by atoms with E-state index in [0.29, 0.717) is 0 Å². The number of ether oxygens (including phenoxy) is 1. The number of aryl methyl sites for hydroxylation is 1. The number of alkyl carbamates (subject to hydrolysis) is 1. The number of aromatic nitrogens is 1. The summed E-state index contributed by atoms with van der Waals surface area (Å²) in [4.78, 5) is 40.6. The zero-order valence-electron chi connectivity index (χ0n) is 18.7. The molecule has 3 N–H and O–H groups in total. The van der Waals surface area contributed by atoms with Crippen LogP contribution in [0.2, 0.25) is 0 Å². The Morgan fingerprint density at radius 3 is 2.26 bits per heavy atom. The van der Waals surface area contributed by atoms with Gasteiger partial charge < -0.3 is 20.5 Å². The van der Waals surface area contributed by atoms with Gasteiger partial charge in [-0.25, -0.2) is 4.79 Å². The standard InChI is InChI=1S/C26H25N3O5/c1-16-17(7-6-12-27-16)14-28-25(32)23(13-24(30)31)29-26(33)34-15-22-20-10-4-2-8-18(20)19-9-3-5-11-21(19)22/h2-12,22-23H,13-15H2,1H3,(H,28,32)(H,29,33)(H,30,31). The van der Waals surface area contributed by atoms with Crippen LogP contribution in [0.25, 0.3) is 11.1 Å². The Balaban J connectivity index is 1.39. The average Bonchev–Trinajstić information content (AvgIpc) is 3.15. The van der Waals surface area contributed by atoms with E-state index in [-0.39, 0.29) is 19.1 Å². The van der Waals surface area contributed by atoms with Crippen LogP contribution in [0, 0.1) is 6.92 Å². The van der Waals surface area contributed by atoms with Crippen LogP contribution in [0.5, 0.6) is 0 Å². The summed E-state index contributed by atoms with van der Waals surface area (Å²) >= 11 is 0. The van der Waals surface area contributed by atoms with Gasteiger partial charge in [-0.05, 0) is 40.8 Å². The second-order valence-corrected chi connectivity index (χ2v) is 8.09. The van der Waals surface area contributed by atoms with Crippen molar-refractivity contribution in [2.45, 2.75) is 31.8 Å². The molecule has 1 heterocycles. The van der Waals surface area contributed by atoms with Gasteiger partial charge in [0.15, 0.2) is 0 Å². The molecule has 8 heteroatoms. The summed E-state index contributed by atoms with van der Waals surface area (Å²) in [6, 6.07) is 18.2. The van der Waals surface area contributed by atoms with E-state index < -0.39 is 30.4 Å². The third-order valence-electron chi connectivity index (χ3n) is 5.90. The lowest BCUT2D eigenvalue weighted by Gasteiger charge is -2.19. The first kappa shape index (κ1) is 23.0. The first-order valence-corrected chi connectivity index (χ1v) is 11.0. The molecule has 4 rings (SSSR count). The van der Waals surface area contributed by atoms with Gasteiger partial charge in [0.2, 0.25) is 5.91 Å². The Kier molecular flexibility index (Phi) is 6.87. The number of carboxylic acid groups (broad SMARTS) is 1. The van der Waals surface area contributed by atoms with Gasteiger partial charge in [0, 0.05) is 24.4 Å². The number of nitrogens with one attached hydrogen (secondary N) is 2. The van der Waals surface area contributed by atoms with Gasteiger partial charge in [0.1, 0.15) is 12.6 Å². The van der Waals surface area contributed by atoms with Crippen LogP contribution in [-0.4, -0.2) is 40.7 Å². The molecule has 1 atom stereocenters. The highest BCUT2D eigenvalue weighted by molar-refractivity contribution is 5.89. The van der Waals surface area contributed by atoms with Crippen LogP contribution in [0.1, 0.15) is 34.7 Å². The van der Waals surface area contributed by atoms with E-state index in [9.17, 15) is 19.5 Å². The molecule has 1 aliphatic rings. The Morgan fingerprint density at radius 2 is 1.65 bits per heavy atom.